The Morgan fingerprint density at radius 1 is 1.15 bits per heavy atom. The number of ether oxygens (including phenoxy) is 1. The molecule has 0 radical (unpaired) electrons. The van der Waals surface area contributed by atoms with Crippen LogP contribution in [0.1, 0.15) is 40.8 Å². The third-order valence-electron chi connectivity index (χ3n) is 8.20. The van der Waals surface area contributed by atoms with Crippen molar-refractivity contribution >= 4 is 46.1 Å². The molecule has 2 aliphatic heterocycles. The molecule has 252 valence electrons. The summed E-state index contributed by atoms with van der Waals surface area (Å²) in [6, 6.07) is 4.07. The van der Waals surface area contributed by atoms with Crippen molar-refractivity contribution in [2.75, 3.05) is 49.6 Å². The Kier molecular flexibility index (Phi) is 9.11. The van der Waals surface area contributed by atoms with Gasteiger partial charge in [0.05, 0.1) is 46.9 Å². The molecule has 0 atom stereocenters. The van der Waals surface area contributed by atoms with Gasteiger partial charge in [0.15, 0.2) is 5.82 Å². The quantitative estimate of drug-likeness (QED) is 0.298. The summed E-state index contributed by atoms with van der Waals surface area (Å²) in [5.41, 5.74) is 0.233. The predicted octanol–water partition coefficient (Wildman–Crippen LogP) is 3.63. The number of hydrogen-bond donors (Lipinski definition) is 2. The number of fused-ring (bicyclic) bond motifs is 1. The predicted molar refractivity (Wildman–Crippen MR) is 169 cm³/mol. The molecule has 2 aliphatic rings. The van der Waals surface area contributed by atoms with Crippen LogP contribution in [0.4, 0.5) is 24.5 Å². The molecule has 4 aromatic rings. The smallest absolute Gasteiger partial charge is 0.416 e. The van der Waals surface area contributed by atoms with E-state index >= 15 is 0 Å². The summed E-state index contributed by atoms with van der Waals surface area (Å²) in [4.78, 5) is 52.5. The van der Waals surface area contributed by atoms with Crippen molar-refractivity contribution in [1.29, 1.82) is 0 Å². The van der Waals surface area contributed by atoms with Crippen molar-refractivity contribution in [2.45, 2.75) is 32.5 Å². The number of hydrogen-bond acceptors (Lipinski definition) is 9. The van der Waals surface area contributed by atoms with Crippen LogP contribution >= 0.6 is 11.6 Å². The highest BCUT2D eigenvalue weighted by atomic mass is 35.5. The number of piperazine rings is 1. The standard InChI is InChI=1S/C31H30ClF3N8O5/c1-2-23-26(40-9-11-41(12-10-40)28(46)20-5-8-36-16-24(20)44)29(47)43-30(38-27(39-43)18-6-13-48-14-7-18)42(23)17-25(45)37-22-4-3-19(15-21(22)32)31(33,34)35/h3-6,8,15-16,44H,2,7,9-14,17H2,1H3,(H,37,45). The first-order valence-electron chi connectivity index (χ1n) is 15.1. The molecular weight excluding hydrogens is 657 g/mol. The maximum atomic E-state index is 14.1. The van der Waals surface area contributed by atoms with Crippen LogP contribution in [0.25, 0.3) is 11.4 Å². The third-order valence-corrected chi connectivity index (χ3v) is 8.51. The van der Waals surface area contributed by atoms with Gasteiger partial charge in [0.2, 0.25) is 11.7 Å². The molecule has 0 aliphatic carbocycles. The Bertz CT molecular complexity index is 1990. The van der Waals surface area contributed by atoms with Crippen LogP contribution in [0.3, 0.4) is 0 Å². The number of pyridine rings is 1. The van der Waals surface area contributed by atoms with Crippen LogP contribution in [0, 0.1) is 0 Å². The maximum Gasteiger partial charge on any atom is 0.416 e. The van der Waals surface area contributed by atoms with E-state index in [1.165, 1.54) is 18.5 Å². The van der Waals surface area contributed by atoms with E-state index in [1.807, 2.05) is 17.9 Å². The molecule has 0 bridgehead atoms. The Morgan fingerprint density at radius 2 is 1.92 bits per heavy atom. The van der Waals surface area contributed by atoms with Crippen LogP contribution in [-0.2, 0) is 28.7 Å². The van der Waals surface area contributed by atoms with Gasteiger partial charge >= 0.3 is 6.18 Å². The number of carbonyl (C=O) groups is 2. The Morgan fingerprint density at radius 3 is 2.56 bits per heavy atom. The van der Waals surface area contributed by atoms with E-state index in [-0.39, 0.29) is 72.1 Å². The van der Waals surface area contributed by atoms with Gasteiger partial charge in [-0.2, -0.15) is 22.7 Å². The van der Waals surface area contributed by atoms with E-state index < -0.39 is 23.2 Å². The van der Waals surface area contributed by atoms with E-state index in [0.717, 1.165) is 28.3 Å². The molecule has 48 heavy (non-hydrogen) atoms. The Balaban J connectivity index is 1.35. The van der Waals surface area contributed by atoms with Gasteiger partial charge < -0.3 is 29.5 Å². The average Bonchev–Trinajstić information content (AvgIpc) is 3.53. The van der Waals surface area contributed by atoms with Crippen molar-refractivity contribution in [3.8, 4) is 5.75 Å². The molecule has 2 amide bonds. The second-order valence-electron chi connectivity index (χ2n) is 11.2. The van der Waals surface area contributed by atoms with Crippen molar-refractivity contribution in [2.24, 2.45) is 0 Å². The Labute approximate surface area is 276 Å². The number of amides is 2. The Hall–Kier alpha value is -4.96. The molecular formula is C31H30ClF3N8O5. The monoisotopic (exact) mass is 686 g/mol. The number of nitrogens with zero attached hydrogens (tertiary/aromatic N) is 7. The lowest BCUT2D eigenvalue weighted by Gasteiger charge is -2.36. The molecule has 6 rings (SSSR count). The highest BCUT2D eigenvalue weighted by Gasteiger charge is 2.32. The lowest BCUT2D eigenvalue weighted by Crippen LogP contribution is -2.51. The van der Waals surface area contributed by atoms with Gasteiger partial charge in [0, 0.05) is 32.4 Å². The SMILES string of the molecule is CCc1c(N2CCN(C(=O)c3ccncc3O)CC2)c(=O)n2nc(C3=CCOCC3)nc2n1CC(=O)Nc1ccc(C(F)(F)F)cc1Cl. The van der Waals surface area contributed by atoms with Crippen molar-refractivity contribution < 1.29 is 32.6 Å². The molecule has 2 N–H and O–H groups in total. The summed E-state index contributed by atoms with van der Waals surface area (Å²) in [5.74, 6) is -0.808. The lowest BCUT2D eigenvalue weighted by atomic mass is 10.1. The number of aromatic nitrogens is 5. The van der Waals surface area contributed by atoms with Crippen molar-refractivity contribution in [3.63, 3.8) is 0 Å². The highest BCUT2D eigenvalue weighted by Crippen LogP contribution is 2.34. The molecule has 3 aromatic heterocycles. The second-order valence-corrected chi connectivity index (χ2v) is 11.6. The number of aromatic hydroxyl groups is 1. The summed E-state index contributed by atoms with van der Waals surface area (Å²) in [6.45, 7) is 3.28. The van der Waals surface area contributed by atoms with Gasteiger partial charge in [0.1, 0.15) is 18.0 Å². The number of carbonyl (C=O) groups excluding carboxylic acids is 2. The summed E-state index contributed by atoms with van der Waals surface area (Å²) >= 11 is 6.10. The fraction of sp³-hybridized carbons (Fsp3) is 0.355. The summed E-state index contributed by atoms with van der Waals surface area (Å²) in [5, 5.41) is 16.9. The third kappa shape index (κ3) is 6.44. The number of anilines is 2. The van der Waals surface area contributed by atoms with Crippen molar-refractivity contribution in [1.82, 2.24) is 29.0 Å². The minimum atomic E-state index is -4.61. The number of alkyl halides is 3. The van der Waals surface area contributed by atoms with Crippen LogP contribution < -0.4 is 15.8 Å². The first kappa shape index (κ1) is 33.0. The molecule has 0 unspecified atom stereocenters. The first-order chi connectivity index (χ1) is 23.0. The van der Waals surface area contributed by atoms with Gasteiger partial charge in [-0.1, -0.05) is 24.6 Å². The maximum absolute atomic E-state index is 14.1. The van der Waals surface area contributed by atoms with Crippen LogP contribution in [0.2, 0.25) is 5.02 Å². The van der Waals surface area contributed by atoms with Gasteiger partial charge in [-0.15, -0.1) is 5.10 Å². The fourth-order valence-electron chi connectivity index (χ4n) is 5.79. The van der Waals surface area contributed by atoms with Crippen LogP contribution in [-0.4, -0.2) is 85.4 Å². The van der Waals surface area contributed by atoms with Gasteiger partial charge in [-0.25, -0.2) is 0 Å². The number of benzene rings is 1. The zero-order valence-electron chi connectivity index (χ0n) is 25.6. The number of nitrogens with one attached hydrogen (secondary N) is 1. The average molecular weight is 687 g/mol. The molecule has 17 heteroatoms. The van der Waals surface area contributed by atoms with E-state index in [0.29, 0.717) is 37.6 Å². The van der Waals surface area contributed by atoms with Gasteiger partial charge in [-0.3, -0.25) is 19.4 Å². The molecule has 0 spiro atoms. The van der Waals surface area contributed by atoms with Gasteiger partial charge in [-0.05, 0) is 42.7 Å². The molecule has 1 saturated heterocycles. The van der Waals surface area contributed by atoms with E-state index in [4.69, 9.17) is 16.3 Å². The summed E-state index contributed by atoms with van der Waals surface area (Å²) in [6.07, 6.45) is 0.653. The largest absolute Gasteiger partial charge is 0.505 e. The normalized spacial score (nSPS) is 15.5. The lowest BCUT2D eigenvalue weighted by molar-refractivity contribution is -0.137. The van der Waals surface area contributed by atoms with E-state index in [9.17, 15) is 32.7 Å². The first-order valence-corrected chi connectivity index (χ1v) is 15.5. The molecule has 13 nitrogen and oxygen atoms in total. The molecule has 5 heterocycles. The zero-order chi connectivity index (χ0) is 34.2. The van der Waals surface area contributed by atoms with Crippen molar-refractivity contribution in [3.05, 3.63) is 80.8 Å². The van der Waals surface area contributed by atoms with E-state index in [1.54, 1.807) is 9.47 Å². The number of halogens is 4. The fourth-order valence-corrected chi connectivity index (χ4v) is 6.02. The van der Waals surface area contributed by atoms with E-state index in [2.05, 4.69) is 20.4 Å². The molecule has 0 saturated carbocycles. The summed E-state index contributed by atoms with van der Waals surface area (Å²) < 4.78 is 47.6. The summed E-state index contributed by atoms with van der Waals surface area (Å²) in [7, 11) is 0. The van der Waals surface area contributed by atoms with Crippen LogP contribution in [0.15, 0.2) is 47.5 Å². The molecule has 1 fully saturated rings. The van der Waals surface area contributed by atoms with Crippen LogP contribution in [0.5, 0.6) is 5.75 Å². The zero-order valence-corrected chi connectivity index (χ0v) is 26.4. The number of rotatable bonds is 7. The topological polar surface area (TPSA) is 147 Å². The van der Waals surface area contributed by atoms with Gasteiger partial charge in [0.25, 0.3) is 11.5 Å². The molecule has 1 aromatic carbocycles. The highest BCUT2D eigenvalue weighted by molar-refractivity contribution is 6.33. The minimum Gasteiger partial charge on any atom is -0.505 e. The second kappa shape index (κ2) is 13.3. The minimum absolute atomic E-state index is 0.0134.